The van der Waals surface area contributed by atoms with Crippen LogP contribution in [0.1, 0.15) is 26.6 Å². The summed E-state index contributed by atoms with van der Waals surface area (Å²) < 4.78 is 24.2. The molecule has 96 valence electrons. The smallest absolute Gasteiger partial charge is 0.255 e. The summed E-state index contributed by atoms with van der Waals surface area (Å²) in [5, 5.41) is 2.53. The molecule has 0 spiro atoms. The summed E-state index contributed by atoms with van der Waals surface area (Å²) in [4.78, 5) is 8.35. The minimum Gasteiger partial charge on any atom is -0.364 e. The van der Waals surface area contributed by atoms with Gasteiger partial charge in [0.15, 0.2) is 0 Å². The maximum absolute atomic E-state index is 12.1. The second kappa shape index (κ2) is 5.22. The molecule has 1 heterocycles. The van der Waals surface area contributed by atoms with Gasteiger partial charge in [-0.3, -0.25) is 0 Å². The third kappa shape index (κ3) is 4.10. The molecule has 17 heavy (non-hydrogen) atoms. The first kappa shape index (κ1) is 13.6. The van der Waals surface area contributed by atoms with Gasteiger partial charge in [-0.25, -0.2) is 24.6 Å². The standard InChI is InChI=1S/C10H17F2N5/c1-10(2,3)9-15-7(14-5-6(11)12)4-8(16-9)17-13/h4,6H,5,13H2,1-3H3,(H2,14,15,16,17). The molecular weight excluding hydrogens is 228 g/mol. The Bertz CT molecular complexity index is 375. The fourth-order valence-corrected chi connectivity index (χ4v) is 1.13. The first-order valence-electron chi connectivity index (χ1n) is 5.21. The highest BCUT2D eigenvalue weighted by molar-refractivity contribution is 5.47. The highest BCUT2D eigenvalue weighted by Gasteiger charge is 2.19. The van der Waals surface area contributed by atoms with E-state index in [9.17, 15) is 8.78 Å². The van der Waals surface area contributed by atoms with Gasteiger partial charge in [0.1, 0.15) is 17.5 Å². The summed E-state index contributed by atoms with van der Waals surface area (Å²) in [5.74, 6) is 6.52. The van der Waals surface area contributed by atoms with Gasteiger partial charge < -0.3 is 10.7 Å². The van der Waals surface area contributed by atoms with Crippen molar-refractivity contribution in [3.63, 3.8) is 0 Å². The van der Waals surface area contributed by atoms with Gasteiger partial charge >= 0.3 is 0 Å². The average Bonchev–Trinajstić information content (AvgIpc) is 2.24. The Labute approximate surface area is 98.8 Å². The zero-order valence-corrected chi connectivity index (χ0v) is 10.1. The van der Waals surface area contributed by atoms with Crippen LogP contribution in [0.25, 0.3) is 0 Å². The Kier molecular flexibility index (Phi) is 4.17. The topological polar surface area (TPSA) is 75.9 Å². The highest BCUT2D eigenvalue weighted by Crippen LogP contribution is 2.21. The van der Waals surface area contributed by atoms with Crippen LogP contribution in [-0.4, -0.2) is 22.9 Å². The number of anilines is 2. The van der Waals surface area contributed by atoms with E-state index < -0.39 is 13.0 Å². The van der Waals surface area contributed by atoms with Gasteiger partial charge in [0.05, 0.1) is 6.54 Å². The third-order valence-corrected chi connectivity index (χ3v) is 1.98. The fraction of sp³-hybridized carbons (Fsp3) is 0.600. The van der Waals surface area contributed by atoms with Crippen molar-refractivity contribution in [2.75, 3.05) is 17.3 Å². The second-order valence-electron chi connectivity index (χ2n) is 4.63. The van der Waals surface area contributed by atoms with Gasteiger partial charge in [0, 0.05) is 11.5 Å². The fourth-order valence-electron chi connectivity index (χ4n) is 1.13. The lowest BCUT2D eigenvalue weighted by atomic mass is 9.96. The van der Waals surface area contributed by atoms with Crippen LogP contribution in [0.15, 0.2) is 6.07 Å². The van der Waals surface area contributed by atoms with Crippen LogP contribution in [0.5, 0.6) is 0 Å². The van der Waals surface area contributed by atoms with Gasteiger partial charge in [0.2, 0.25) is 0 Å². The number of aromatic nitrogens is 2. The van der Waals surface area contributed by atoms with E-state index in [1.165, 1.54) is 6.07 Å². The van der Waals surface area contributed by atoms with Crippen LogP contribution < -0.4 is 16.6 Å². The number of rotatable bonds is 4. The molecule has 0 aliphatic heterocycles. The van der Waals surface area contributed by atoms with Crippen molar-refractivity contribution in [2.24, 2.45) is 5.84 Å². The number of halogens is 2. The highest BCUT2D eigenvalue weighted by atomic mass is 19.3. The van der Waals surface area contributed by atoms with Crippen LogP contribution in [0.2, 0.25) is 0 Å². The number of hydrogen-bond donors (Lipinski definition) is 3. The third-order valence-electron chi connectivity index (χ3n) is 1.98. The predicted octanol–water partition coefficient (Wildman–Crippen LogP) is 1.74. The molecule has 0 amide bonds. The summed E-state index contributed by atoms with van der Waals surface area (Å²) in [6, 6.07) is 1.48. The Morgan fingerprint density at radius 1 is 1.29 bits per heavy atom. The number of hydrogen-bond acceptors (Lipinski definition) is 5. The van der Waals surface area contributed by atoms with Crippen LogP contribution in [-0.2, 0) is 5.41 Å². The zero-order valence-electron chi connectivity index (χ0n) is 10.1. The minimum atomic E-state index is -2.43. The Morgan fingerprint density at radius 2 is 1.88 bits per heavy atom. The maximum atomic E-state index is 12.1. The number of nitrogens with zero attached hydrogens (tertiary/aromatic N) is 2. The minimum absolute atomic E-state index is 0.284. The molecule has 5 nitrogen and oxygen atoms in total. The van der Waals surface area contributed by atoms with Gasteiger partial charge in [-0.1, -0.05) is 20.8 Å². The van der Waals surface area contributed by atoms with E-state index in [1.54, 1.807) is 0 Å². The van der Waals surface area contributed by atoms with Crippen molar-refractivity contribution >= 4 is 11.6 Å². The molecular formula is C10H17F2N5. The number of hydrazine groups is 1. The second-order valence-corrected chi connectivity index (χ2v) is 4.63. The van der Waals surface area contributed by atoms with Gasteiger partial charge in [-0.15, -0.1) is 0 Å². The monoisotopic (exact) mass is 245 g/mol. The molecule has 0 aromatic carbocycles. The van der Waals surface area contributed by atoms with E-state index in [2.05, 4.69) is 20.7 Å². The number of alkyl halides is 2. The first-order valence-corrected chi connectivity index (χ1v) is 5.21. The Morgan fingerprint density at radius 3 is 2.35 bits per heavy atom. The van der Waals surface area contributed by atoms with Crippen LogP contribution in [0.3, 0.4) is 0 Å². The zero-order chi connectivity index (χ0) is 13.1. The van der Waals surface area contributed by atoms with Crippen molar-refractivity contribution in [2.45, 2.75) is 32.6 Å². The molecule has 0 aliphatic carbocycles. The largest absolute Gasteiger partial charge is 0.364 e. The van der Waals surface area contributed by atoms with Crippen molar-refractivity contribution in [1.82, 2.24) is 9.97 Å². The van der Waals surface area contributed by atoms with Crippen LogP contribution in [0, 0.1) is 0 Å². The van der Waals surface area contributed by atoms with Gasteiger partial charge in [0.25, 0.3) is 6.43 Å². The average molecular weight is 245 g/mol. The lowest BCUT2D eigenvalue weighted by Gasteiger charge is -2.18. The molecule has 0 aliphatic rings. The molecule has 1 aromatic heterocycles. The van der Waals surface area contributed by atoms with E-state index in [0.717, 1.165) is 0 Å². The van der Waals surface area contributed by atoms with Crippen molar-refractivity contribution in [3.8, 4) is 0 Å². The van der Waals surface area contributed by atoms with E-state index in [0.29, 0.717) is 17.5 Å². The van der Waals surface area contributed by atoms with Gasteiger partial charge in [-0.05, 0) is 0 Å². The molecule has 0 saturated carbocycles. The normalized spacial score (nSPS) is 11.7. The molecule has 7 heteroatoms. The van der Waals surface area contributed by atoms with Crippen molar-refractivity contribution in [3.05, 3.63) is 11.9 Å². The lowest BCUT2D eigenvalue weighted by Crippen LogP contribution is -2.21. The molecule has 1 rings (SSSR count). The summed E-state index contributed by atoms with van der Waals surface area (Å²) in [6.45, 7) is 5.34. The van der Waals surface area contributed by atoms with Crippen LogP contribution in [0.4, 0.5) is 20.4 Å². The maximum Gasteiger partial charge on any atom is 0.255 e. The number of nitrogen functional groups attached to an aromatic ring is 1. The summed E-state index contributed by atoms with van der Waals surface area (Å²) in [7, 11) is 0. The van der Waals surface area contributed by atoms with E-state index in [1.807, 2.05) is 20.8 Å². The quantitative estimate of drug-likeness (QED) is 0.556. The molecule has 0 fully saturated rings. The number of nitrogens with one attached hydrogen (secondary N) is 2. The summed E-state index contributed by atoms with van der Waals surface area (Å²) >= 11 is 0. The molecule has 1 aromatic rings. The summed E-state index contributed by atoms with van der Waals surface area (Å²) in [6.07, 6.45) is -2.43. The van der Waals surface area contributed by atoms with E-state index in [4.69, 9.17) is 5.84 Å². The molecule has 4 N–H and O–H groups in total. The Hall–Kier alpha value is -1.50. The first-order chi connectivity index (χ1) is 7.82. The van der Waals surface area contributed by atoms with Crippen molar-refractivity contribution in [1.29, 1.82) is 0 Å². The summed E-state index contributed by atoms with van der Waals surface area (Å²) in [5.41, 5.74) is 2.11. The molecule has 0 saturated heterocycles. The molecule has 0 unspecified atom stereocenters. The van der Waals surface area contributed by atoms with Crippen LogP contribution >= 0.6 is 0 Å². The molecule has 0 radical (unpaired) electrons. The SMILES string of the molecule is CC(C)(C)c1nc(NN)cc(NCC(F)F)n1. The van der Waals surface area contributed by atoms with E-state index >= 15 is 0 Å². The van der Waals surface area contributed by atoms with E-state index in [-0.39, 0.29) is 5.41 Å². The Balaban J connectivity index is 2.97. The van der Waals surface area contributed by atoms with Crippen molar-refractivity contribution < 1.29 is 8.78 Å². The van der Waals surface area contributed by atoms with Gasteiger partial charge in [-0.2, -0.15) is 0 Å². The number of nitrogens with two attached hydrogens (primary N) is 1. The molecule has 0 bridgehead atoms. The predicted molar refractivity (Wildman–Crippen MR) is 63.0 cm³/mol. The molecule has 0 atom stereocenters. The lowest BCUT2D eigenvalue weighted by molar-refractivity contribution is 0.163.